The molecule has 40 heavy (non-hydrogen) atoms. The van der Waals surface area contributed by atoms with Crippen LogP contribution in [0.4, 0.5) is 18.0 Å². The maximum atomic E-state index is 12.4. The standard InChI is InChI=1S/C28H26F3N5O3S/c1-18-16-23(38-2)13-14-24(18)26(40)34-27(37)32-15-3-4-19-5-7-20(8-6-19)25-33-17-36(35-25)21-9-11-22(12-10-21)39-28(29,30)31/h5-14,16-17H,3-4,15H2,1-2H3,(H2,32,34,37,40). The third kappa shape index (κ3) is 7.79. The van der Waals surface area contributed by atoms with Crippen molar-refractivity contribution in [1.82, 2.24) is 25.4 Å². The second kappa shape index (κ2) is 12.6. The number of amides is 2. The van der Waals surface area contributed by atoms with Gasteiger partial charge in [0.2, 0.25) is 0 Å². The molecule has 12 heteroatoms. The van der Waals surface area contributed by atoms with Crippen molar-refractivity contribution in [3.8, 4) is 28.6 Å². The number of nitrogens with zero attached hydrogens (tertiary/aromatic N) is 3. The van der Waals surface area contributed by atoms with Crippen LogP contribution < -0.4 is 20.1 Å². The minimum absolute atomic E-state index is 0.310. The summed E-state index contributed by atoms with van der Waals surface area (Å²) in [6.45, 7) is 2.37. The Kier molecular flexibility index (Phi) is 9.00. The maximum absolute atomic E-state index is 12.4. The second-order valence-corrected chi connectivity index (χ2v) is 9.15. The summed E-state index contributed by atoms with van der Waals surface area (Å²) in [7, 11) is 1.59. The molecule has 0 unspecified atom stereocenters. The number of urea groups is 1. The average molecular weight is 570 g/mol. The molecular formula is C28H26F3N5O3S. The molecule has 8 nitrogen and oxygen atoms in total. The van der Waals surface area contributed by atoms with Gasteiger partial charge in [0.15, 0.2) is 5.82 Å². The number of rotatable bonds is 9. The molecule has 0 aliphatic rings. The lowest BCUT2D eigenvalue weighted by molar-refractivity contribution is -0.274. The van der Waals surface area contributed by atoms with Gasteiger partial charge in [-0.3, -0.25) is 5.32 Å². The van der Waals surface area contributed by atoms with Crippen LogP contribution in [0.3, 0.4) is 0 Å². The van der Waals surface area contributed by atoms with E-state index in [0.29, 0.717) is 23.0 Å². The number of aromatic nitrogens is 3. The summed E-state index contributed by atoms with van der Waals surface area (Å²) in [5.74, 6) is 0.887. The highest BCUT2D eigenvalue weighted by molar-refractivity contribution is 7.80. The summed E-state index contributed by atoms with van der Waals surface area (Å²) < 4.78 is 47.6. The molecule has 1 aromatic heterocycles. The number of halogens is 3. The van der Waals surface area contributed by atoms with Gasteiger partial charge in [0.25, 0.3) is 0 Å². The third-order valence-electron chi connectivity index (χ3n) is 5.87. The summed E-state index contributed by atoms with van der Waals surface area (Å²) in [4.78, 5) is 16.9. The smallest absolute Gasteiger partial charge is 0.497 e. The van der Waals surface area contributed by atoms with Crippen LogP contribution in [0.2, 0.25) is 0 Å². The highest BCUT2D eigenvalue weighted by Crippen LogP contribution is 2.24. The molecule has 0 bridgehead atoms. The lowest BCUT2D eigenvalue weighted by Gasteiger charge is -2.12. The van der Waals surface area contributed by atoms with Crippen molar-refractivity contribution >= 4 is 23.2 Å². The first-order valence-corrected chi connectivity index (χ1v) is 12.6. The highest BCUT2D eigenvalue weighted by Gasteiger charge is 2.31. The van der Waals surface area contributed by atoms with E-state index >= 15 is 0 Å². The molecule has 0 spiro atoms. The summed E-state index contributed by atoms with van der Waals surface area (Å²) in [6, 6.07) is 18.2. The van der Waals surface area contributed by atoms with Gasteiger partial charge in [-0.05, 0) is 73.4 Å². The van der Waals surface area contributed by atoms with E-state index in [1.165, 1.54) is 35.3 Å². The Morgan fingerprint density at radius 3 is 2.38 bits per heavy atom. The number of nitrogens with one attached hydrogen (secondary N) is 2. The average Bonchev–Trinajstić information content (AvgIpc) is 3.41. The molecule has 0 saturated carbocycles. The van der Waals surface area contributed by atoms with E-state index in [0.717, 1.165) is 40.8 Å². The molecule has 2 amide bonds. The van der Waals surface area contributed by atoms with Crippen molar-refractivity contribution in [2.45, 2.75) is 26.1 Å². The van der Waals surface area contributed by atoms with E-state index in [1.807, 2.05) is 43.3 Å². The second-order valence-electron chi connectivity index (χ2n) is 8.75. The van der Waals surface area contributed by atoms with Crippen LogP contribution in [0, 0.1) is 6.92 Å². The topological polar surface area (TPSA) is 90.3 Å². The monoisotopic (exact) mass is 569 g/mol. The Labute approximate surface area is 234 Å². The van der Waals surface area contributed by atoms with Crippen LogP contribution in [-0.2, 0) is 6.42 Å². The van der Waals surface area contributed by atoms with Crippen LogP contribution in [0.25, 0.3) is 17.1 Å². The number of carbonyl (C=O) groups excluding carboxylic acids is 1. The Morgan fingerprint density at radius 2 is 1.73 bits per heavy atom. The van der Waals surface area contributed by atoms with Gasteiger partial charge in [0, 0.05) is 17.7 Å². The van der Waals surface area contributed by atoms with Crippen molar-refractivity contribution in [1.29, 1.82) is 0 Å². The first kappa shape index (κ1) is 28.6. The van der Waals surface area contributed by atoms with Gasteiger partial charge >= 0.3 is 12.4 Å². The van der Waals surface area contributed by atoms with E-state index in [4.69, 9.17) is 17.0 Å². The van der Waals surface area contributed by atoms with Gasteiger partial charge < -0.3 is 14.8 Å². The van der Waals surface area contributed by atoms with Crippen molar-refractivity contribution in [3.05, 3.63) is 89.7 Å². The number of alkyl halides is 3. The Morgan fingerprint density at radius 1 is 1.02 bits per heavy atom. The van der Waals surface area contributed by atoms with E-state index in [9.17, 15) is 18.0 Å². The van der Waals surface area contributed by atoms with Gasteiger partial charge in [-0.25, -0.2) is 14.5 Å². The lowest BCUT2D eigenvalue weighted by Crippen LogP contribution is -2.39. The first-order valence-electron chi connectivity index (χ1n) is 12.2. The fraction of sp³-hybridized carbons (Fsp3) is 0.214. The number of ether oxygens (including phenoxy) is 2. The molecular weight excluding hydrogens is 543 g/mol. The van der Waals surface area contributed by atoms with Crippen molar-refractivity contribution in [2.24, 2.45) is 0 Å². The fourth-order valence-electron chi connectivity index (χ4n) is 3.87. The van der Waals surface area contributed by atoms with Gasteiger partial charge in [0.05, 0.1) is 12.8 Å². The molecule has 0 fully saturated rings. The minimum atomic E-state index is -4.75. The normalized spacial score (nSPS) is 11.1. The number of carbonyl (C=O) groups is 1. The van der Waals surface area contributed by atoms with Crippen LogP contribution in [0.15, 0.2) is 73.1 Å². The molecule has 1 heterocycles. The maximum Gasteiger partial charge on any atom is 0.573 e. The molecule has 3 aromatic carbocycles. The number of benzene rings is 3. The molecule has 0 radical (unpaired) electrons. The zero-order valence-electron chi connectivity index (χ0n) is 21.7. The summed E-state index contributed by atoms with van der Waals surface area (Å²) in [5.41, 5.74) is 4.08. The van der Waals surface area contributed by atoms with Gasteiger partial charge in [0.1, 0.15) is 22.8 Å². The fourth-order valence-corrected chi connectivity index (χ4v) is 4.19. The lowest BCUT2D eigenvalue weighted by atomic mass is 10.1. The Bertz CT molecular complexity index is 1470. The summed E-state index contributed by atoms with van der Waals surface area (Å²) in [6.07, 6.45) is -1.79. The minimum Gasteiger partial charge on any atom is -0.497 e. The zero-order valence-corrected chi connectivity index (χ0v) is 22.5. The van der Waals surface area contributed by atoms with Crippen molar-refractivity contribution in [2.75, 3.05) is 13.7 Å². The molecule has 4 aromatic rings. The van der Waals surface area contributed by atoms with E-state index < -0.39 is 6.36 Å². The number of methoxy groups -OCH3 is 1. The predicted molar refractivity (Wildman–Crippen MR) is 148 cm³/mol. The van der Waals surface area contributed by atoms with E-state index in [-0.39, 0.29) is 11.8 Å². The number of hydrogen-bond acceptors (Lipinski definition) is 6. The molecule has 2 N–H and O–H groups in total. The van der Waals surface area contributed by atoms with Gasteiger partial charge in [-0.2, -0.15) is 0 Å². The zero-order chi connectivity index (χ0) is 28.7. The number of aryl methyl sites for hydroxylation is 2. The largest absolute Gasteiger partial charge is 0.573 e. The molecule has 0 atom stereocenters. The molecule has 0 aliphatic heterocycles. The third-order valence-corrected chi connectivity index (χ3v) is 6.19. The SMILES string of the molecule is COc1ccc(C(=S)NC(=O)NCCCc2ccc(-c3ncn(-c4ccc(OC(F)(F)F)cc4)n3)cc2)c(C)c1. The Balaban J connectivity index is 1.23. The summed E-state index contributed by atoms with van der Waals surface area (Å²) in [5, 5.41) is 9.92. The molecule has 0 saturated heterocycles. The number of thiocarbonyl (C=S) groups is 1. The van der Waals surface area contributed by atoms with Crippen LogP contribution >= 0.6 is 12.2 Å². The van der Waals surface area contributed by atoms with Gasteiger partial charge in [-0.15, -0.1) is 18.3 Å². The molecule has 208 valence electrons. The van der Waals surface area contributed by atoms with Gasteiger partial charge in [-0.1, -0.05) is 36.5 Å². The quantitative estimate of drug-likeness (QED) is 0.197. The highest BCUT2D eigenvalue weighted by atomic mass is 32.1. The Hall–Kier alpha value is -4.45. The van der Waals surface area contributed by atoms with Crippen molar-refractivity contribution in [3.63, 3.8) is 0 Å². The number of hydrogen-bond donors (Lipinski definition) is 2. The van der Waals surface area contributed by atoms with E-state index in [1.54, 1.807) is 13.2 Å². The van der Waals surface area contributed by atoms with Crippen LogP contribution in [0.5, 0.6) is 11.5 Å². The summed E-state index contributed by atoms with van der Waals surface area (Å²) >= 11 is 5.36. The first-order chi connectivity index (χ1) is 19.1. The molecule has 4 rings (SSSR count). The van der Waals surface area contributed by atoms with Crippen LogP contribution in [0.1, 0.15) is 23.1 Å². The van der Waals surface area contributed by atoms with Crippen molar-refractivity contribution < 1.29 is 27.4 Å². The van der Waals surface area contributed by atoms with Crippen LogP contribution in [-0.4, -0.2) is 45.8 Å². The predicted octanol–water partition coefficient (Wildman–Crippen LogP) is 5.76. The van der Waals surface area contributed by atoms with E-state index in [2.05, 4.69) is 25.5 Å². The molecule has 0 aliphatic carbocycles.